The summed E-state index contributed by atoms with van der Waals surface area (Å²) in [5.74, 6) is 1.04. The number of fused-ring (bicyclic) bond motifs is 4. The first-order valence-corrected chi connectivity index (χ1v) is 15.1. The molecule has 5 rings (SSSR count). The lowest BCUT2D eigenvalue weighted by Crippen LogP contribution is -2.57. The molecule has 2 unspecified atom stereocenters. The van der Waals surface area contributed by atoms with E-state index in [1.54, 1.807) is 0 Å². The fourth-order valence-corrected chi connectivity index (χ4v) is 7.66. The molecule has 1 amide bonds. The van der Waals surface area contributed by atoms with Crippen LogP contribution in [0.3, 0.4) is 0 Å². The van der Waals surface area contributed by atoms with Crippen LogP contribution in [0.5, 0.6) is 0 Å². The van der Waals surface area contributed by atoms with Crippen molar-refractivity contribution in [1.82, 2.24) is 14.8 Å². The van der Waals surface area contributed by atoms with Gasteiger partial charge in [-0.05, 0) is 94.3 Å². The molecule has 1 aliphatic heterocycles. The molecule has 0 radical (unpaired) electrons. The van der Waals surface area contributed by atoms with E-state index in [-0.39, 0.29) is 11.5 Å². The molecule has 1 fully saturated rings. The van der Waals surface area contributed by atoms with Crippen molar-refractivity contribution in [1.29, 1.82) is 0 Å². The van der Waals surface area contributed by atoms with Crippen molar-refractivity contribution in [2.45, 2.75) is 83.2 Å². The standard InChI is InChI=1S/C33H44ClN3O/c1-5-7-10-23(6-2)32(38)37-22-19-28-27-11-8-9-12-29(27)35-31(28)33(37)20-17-25(18-21-33)30(36(3)4)24-13-15-26(34)16-14-24/h8-9,11-16,23,25,30,35H,5-7,10,17-22H2,1-4H3. The van der Waals surface area contributed by atoms with Crippen LogP contribution in [0.2, 0.25) is 5.02 Å². The lowest BCUT2D eigenvalue weighted by molar-refractivity contribution is -0.147. The summed E-state index contributed by atoms with van der Waals surface area (Å²) in [6.07, 6.45) is 9.32. The number of hydrogen-bond acceptors (Lipinski definition) is 2. The summed E-state index contributed by atoms with van der Waals surface area (Å²) in [4.78, 5) is 22.7. The summed E-state index contributed by atoms with van der Waals surface area (Å²) >= 11 is 6.22. The number of unbranched alkanes of at least 4 members (excludes halogenated alkanes) is 1. The number of nitrogens with one attached hydrogen (secondary N) is 1. The van der Waals surface area contributed by atoms with Crippen molar-refractivity contribution in [3.8, 4) is 0 Å². The number of benzene rings is 2. The quantitative estimate of drug-likeness (QED) is 0.317. The second-order valence-corrected chi connectivity index (χ2v) is 12.3. The minimum absolute atomic E-state index is 0.124. The number of amides is 1. The van der Waals surface area contributed by atoms with Crippen LogP contribution in [-0.4, -0.2) is 41.3 Å². The van der Waals surface area contributed by atoms with Gasteiger partial charge in [0.05, 0.1) is 5.54 Å². The number of rotatable bonds is 8. The molecule has 1 spiro atoms. The number of carbonyl (C=O) groups is 1. The minimum atomic E-state index is -0.239. The Morgan fingerprint density at radius 3 is 2.47 bits per heavy atom. The molecule has 2 aliphatic rings. The molecule has 2 atom stereocenters. The third-order valence-electron chi connectivity index (χ3n) is 9.47. The van der Waals surface area contributed by atoms with Gasteiger partial charge in [0.25, 0.3) is 0 Å². The Morgan fingerprint density at radius 2 is 1.82 bits per heavy atom. The first-order chi connectivity index (χ1) is 18.4. The van der Waals surface area contributed by atoms with Crippen LogP contribution < -0.4 is 0 Å². The second kappa shape index (κ2) is 11.4. The zero-order valence-corrected chi connectivity index (χ0v) is 24.4. The molecule has 204 valence electrons. The zero-order chi connectivity index (χ0) is 26.9. The molecule has 1 aliphatic carbocycles. The lowest BCUT2D eigenvalue weighted by Gasteiger charge is -2.52. The predicted molar refractivity (Wildman–Crippen MR) is 159 cm³/mol. The normalized spacial score (nSPS) is 23.1. The van der Waals surface area contributed by atoms with Crippen LogP contribution in [0.1, 0.15) is 88.1 Å². The summed E-state index contributed by atoms with van der Waals surface area (Å²) in [7, 11) is 4.38. The van der Waals surface area contributed by atoms with Gasteiger partial charge in [-0.25, -0.2) is 0 Å². The minimum Gasteiger partial charge on any atom is -0.356 e. The summed E-state index contributed by atoms with van der Waals surface area (Å²) in [6.45, 7) is 5.24. The highest BCUT2D eigenvalue weighted by Crippen LogP contribution is 2.52. The molecule has 4 nitrogen and oxygen atoms in total. The molecule has 3 aromatic rings. The molecular weight excluding hydrogens is 490 g/mol. The molecule has 2 aromatic carbocycles. The predicted octanol–water partition coefficient (Wildman–Crippen LogP) is 8.11. The highest BCUT2D eigenvalue weighted by Gasteiger charge is 2.50. The van der Waals surface area contributed by atoms with Gasteiger partial charge in [-0.2, -0.15) is 0 Å². The molecular formula is C33H44ClN3O. The number of H-pyrrole nitrogens is 1. The first kappa shape index (κ1) is 27.3. The van der Waals surface area contributed by atoms with E-state index < -0.39 is 0 Å². The van der Waals surface area contributed by atoms with Gasteiger partial charge in [0.2, 0.25) is 5.91 Å². The molecule has 1 aromatic heterocycles. The third kappa shape index (κ3) is 4.91. The average Bonchev–Trinajstić information content (AvgIpc) is 3.31. The monoisotopic (exact) mass is 533 g/mol. The smallest absolute Gasteiger partial charge is 0.226 e. The fraction of sp³-hybridized carbons (Fsp3) is 0.545. The van der Waals surface area contributed by atoms with Crippen LogP contribution in [0.15, 0.2) is 48.5 Å². The van der Waals surface area contributed by atoms with Gasteiger partial charge < -0.3 is 14.8 Å². The lowest BCUT2D eigenvalue weighted by atomic mass is 9.68. The fourth-order valence-electron chi connectivity index (χ4n) is 7.53. The number of halogens is 1. The van der Waals surface area contributed by atoms with Gasteiger partial charge in [-0.1, -0.05) is 68.6 Å². The number of hydrogen-bond donors (Lipinski definition) is 1. The molecule has 1 saturated carbocycles. The Bertz CT molecular complexity index is 1240. The Labute approximate surface area is 233 Å². The van der Waals surface area contributed by atoms with Gasteiger partial charge in [0.1, 0.15) is 0 Å². The number of carbonyl (C=O) groups excluding carboxylic acids is 1. The number of aromatic amines is 1. The Kier molecular flexibility index (Phi) is 8.21. The van der Waals surface area contributed by atoms with E-state index in [4.69, 9.17) is 11.6 Å². The average molecular weight is 534 g/mol. The van der Waals surface area contributed by atoms with Crippen molar-refractivity contribution in [3.63, 3.8) is 0 Å². The van der Waals surface area contributed by atoms with Crippen molar-refractivity contribution in [2.75, 3.05) is 20.6 Å². The number of aromatic nitrogens is 1. The van der Waals surface area contributed by atoms with Crippen LogP contribution >= 0.6 is 11.6 Å². The zero-order valence-electron chi connectivity index (χ0n) is 23.6. The third-order valence-corrected chi connectivity index (χ3v) is 9.72. The van der Waals surface area contributed by atoms with E-state index in [9.17, 15) is 4.79 Å². The van der Waals surface area contributed by atoms with Crippen LogP contribution in [-0.2, 0) is 16.8 Å². The molecule has 5 heteroatoms. The van der Waals surface area contributed by atoms with E-state index in [1.807, 2.05) is 12.1 Å². The van der Waals surface area contributed by atoms with Crippen molar-refractivity contribution in [2.24, 2.45) is 11.8 Å². The van der Waals surface area contributed by atoms with Crippen LogP contribution in [0, 0.1) is 11.8 Å². The maximum atomic E-state index is 14.2. The van der Waals surface area contributed by atoms with Gasteiger partial charge in [0, 0.05) is 40.1 Å². The van der Waals surface area contributed by atoms with Crippen LogP contribution in [0.25, 0.3) is 10.9 Å². The van der Waals surface area contributed by atoms with Crippen LogP contribution in [0.4, 0.5) is 0 Å². The highest BCUT2D eigenvalue weighted by atomic mass is 35.5. The van der Waals surface area contributed by atoms with E-state index in [0.717, 1.165) is 69.4 Å². The Balaban J connectivity index is 1.50. The van der Waals surface area contributed by atoms with Crippen molar-refractivity contribution in [3.05, 3.63) is 70.4 Å². The summed E-state index contributed by atoms with van der Waals surface area (Å²) < 4.78 is 0. The highest BCUT2D eigenvalue weighted by molar-refractivity contribution is 6.30. The van der Waals surface area contributed by atoms with E-state index in [2.05, 4.69) is 79.1 Å². The van der Waals surface area contributed by atoms with Crippen molar-refractivity contribution >= 4 is 28.4 Å². The second-order valence-electron chi connectivity index (χ2n) is 11.8. The van der Waals surface area contributed by atoms with Gasteiger partial charge in [-0.3, -0.25) is 4.79 Å². The molecule has 2 heterocycles. The summed E-state index contributed by atoms with van der Waals surface area (Å²) in [5, 5.41) is 2.12. The summed E-state index contributed by atoms with van der Waals surface area (Å²) in [5.41, 5.74) is 5.05. The van der Waals surface area contributed by atoms with E-state index in [1.165, 1.54) is 27.7 Å². The van der Waals surface area contributed by atoms with E-state index in [0.29, 0.717) is 17.9 Å². The molecule has 0 saturated heterocycles. The molecule has 38 heavy (non-hydrogen) atoms. The van der Waals surface area contributed by atoms with Gasteiger partial charge in [-0.15, -0.1) is 0 Å². The molecule has 0 bridgehead atoms. The topological polar surface area (TPSA) is 39.3 Å². The van der Waals surface area contributed by atoms with E-state index >= 15 is 0 Å². The van der Waals surface area contributed by atoms with Gasteiger partial charge >= 0.3 is 0 Å². The summed E-state index contributed by atoms with van der Waals surface area (Å²) in [6, 6.07) is 17.4. The first-order valence-electron chi connectivity index (χ1n) is 14.7. The largest absolute Gasteiger partial charge is 0.356 e. The number of para-hydroxylation sites is 1. The Morgan fingerprint density at radius 1 is 1.11 bits per heavy atom. The Hall–Kier alpha value is -2.30. The number of nitrogens with zero attached hydrogens (tertiary/aromatic N) is 2. The van der Waals surface area contributed by atoms with Gasteiger partial charge in [0.15, 0.2) is 0 Å². The van der Waals surface area contributed by atoms with Crippen molar-refractivity contribution < 1.29 is 4.79 Å². The molecule has 1 N–H and O–H groups in total. The maximum absolute atomic E-state index is 14.2. The maximum Gasteiger partial charge on any atom is 0.226 e. The SMILES string of the molecule is CCCCC(CC)C(=O)N1CCc2c([nH]c3ccccc23)C12CCC(C(c1ccc(Cl)cc1)N(C)C)CC2.